The Labute approximate surface area is 117 Å². The van der Waals surface area contributed by atoms with Crippen LogP contribution >= 0.6 is 0 Å². The van der Waals surface area contributed by atoms with Crippen LogP contribution in [0.25, 0.3) is 0 Å². The Morgan fingerprint density at radius 3 is 2.45 bits per heavy atom. The van der Waals surface area contributed by atoms with Crippen molar-refractivity contribution in [2.45, 2.75) is 19.4 Å². The summed E-state index contributed by atoms with van der Waals surface area (Å²) in [6.45, 7) is 2.09. The fourth-order valence-electron chi connectivity index (χ4n) is 2.08. The highest BCUT2D eigenvalue weighted by Crippen LogP contribution is 2.26. The van der Waals surface area contributed by atoms with Crippen molar-refractivity contribution in [2.24, 2.45) is 0 Å². The average molecular weight is 277 g/mol. The summed E-state index contributed by atoms with van der Waals surface area (Å²) in [6, 6.07) is 11.3. The first-order valence-electron chi connectivity index (χ1n) is 6.54. The van der Waals surface area contributed by atoms with Crippen molar-refractivity contribution in [3.05, 3.63) is 59.7 Å². The Kier molecular flexibility index (Phi) is 4.69. The first-order valence-corrected chi connectivity index (χ1v) is 6.54. The van der Waals surface area contributed by atoms with Crippen molar-refractivity contribution in [3.63, 3.8) is 0 Å². The quantitative estimate of drug-likeness (QED) is 0.873. The summed E-state index contributed by atoms with van der Waals surface area (Å²) in [7, 11) is 1.90. The second-order valence-electron chi connectivity index (χ2n) is 4.50. The van der Waals surface area contributed by atoms with Crippen LogP contribution in [0, 0.1) is 11.6 Å². The van der Waals surface area contributed by atoms with E-state index < -0.39 is 11.6 Å². The van der Waals surface area contributed by atoms with Gasteiger partial charge in [0.15, 0.2) is 11.6 Å². The van der Waals surface area contributed by atoms with Gasteiger partial charge in [-0.05, 0) is 43.3 Å². The van der Waals surface area contributed by atoms with Gasteiger partial charge in [0, 0.05) is 12.1 Å². The molecule has 2 aromatic rings. The SMILES string of the molecule is CCC(NC)c1cccc(Oc2ccc(F)c(F)c2)c1. The van der Waals surface area contributed by atoms with Crippen LogP contribution in [0.4, 0.5) is 8.78 Å². The molecule has 0 fully saturated rings. The van der Waals surface area contributed by atoms with Gasteiger partial charge in [0.05, 0.1) is 0 Å². The topological polar surface area (TPSA) is 21.3 Å². The zero-order valence-corrected chi connectivity index (χ0v) is 11.5. The zero-order chi connectivity index (χ0) is 14.5. The fourth-order valence-corrected chi connectivity index (χ4v) is 2.08. The molecule has 4 heteroatoms. The lowest BCUT2D eigenvalue weighted by molar-refractivity contribution is 0.459. The van der Waals surface area contributed by atoms with Gasteiger partial charge in [-0.15, -0.1) is 0 Å². The third kappa shape index (κ3) is 3.33. The minimum atomic E-state index is -0.916. The molecule has 106 valence electrons. The largest absolute Gasteiger partial charge is 0.457 e. The van der Waals surface area contributed by atoms with Crippen molar-refractivity contribution < 1.29 is 13.5 Å². The predicted molar refractivity (Wildman–Crippen MR) is 75.0 cm³/mol. The molecular weight excluding hydrogens is 260 g/mol. The second-order valence-corrected chi connectivity index (χ2v) is 4.50. The van der Waals surface area contributed by atoms with E-state index in [1.807, 2.05) is 25.2 Å². The molecular formula is C16H17F2NO. The lowest BCUT2D eigenvalue weighted by atomic mass is 10.0. The van der Waals surface area contributed by atoms with E-state index in [1.54, 1.807) is 6.07 Å². The summed E-state index contributed by atoms with van der Waals surface area (Å²) in [5.41, 5.74) is 1.09. The molecule has 2 rings (SSSR count). The van der Waals surface area contributed by atoms with Crippen LogP contribution in [0.1, 0.15) is 24.9 Å². The van der Waals surface area contributed by atoms with Gasteiger partial charge >= 0.3 is 0 Å². The van der Waals surface area contributed by atoms with Crippen LogP contribution in [0.5, 0.6) is 11.5 Å². The van der Waals surface area contributed by atoms with E-state index in [9.17, 15) is 8.78 Å². The maximum absolute atomic E-state index is 13.1. The van der Waals surface area contributed by atoms with E-state index >= 15 is 0 Å². The molecule has 0 radical (unpaired) electrons. The monoisotopic (exact) mass is 277 g/mol. The first-order chi connectivity index (χ1) is 9.63. The molecule has 1 unspecified atom stereocenters. The molecule has 0 spiro atoms. The molecule has 2 aromatic carbocycles. The summed E-state index contributed by atoms with van der Waals surface area (Å²) >= 11 is 0. The maximum atomic E-state index is 13.1. The Bertz CT molecular complexity index is 582. The minimum absolute atomic E-state index is 0.239. The van der Waals surface area contributed by atoms with E-state index in [-0.39, 0.29) is 11.8 Å². The normalized spacial score (nSPS) is 12.2. The van der Waals surface area contributed by atoms with E-state index in [0.29, 0.717) is 5.75 Å². The summed E-state index contributed by atoms with van der Waals surface area (Å²) < 4.78 is 31.6. The lowest BCUT2D eigenvalue weighted by Crippen LogP contribution is -2.14. The van der Waals surface area contributed by atoms with Crippen molar-refractivity contribution in [1.29, 1.82) is 0 Å². The Morgan fingerprint density at radius 1 is 1.05 bits per heavy atom. The molecule has 0 aliphatic heterocycles. The van der Waals surface area contributed by atoms with Crippen LogP contribution in [-0.4, -0.2) is 7.05 Å². The summed E-state index contributed by atoms with van der Waals surface area (Å²) in [5.74, 6) is -0.923. The van der Waals surface area contributed by atoms with Crippen LogP contribution in [-0.2, 0) is 0 Å². The highest BCUT2D eigenvalue weighted by Gasteiger charge is 2.08. The molecule has 0 aliphatic carbocycles. The highest BCUT2D eigenvalue weighted by molar-refractivity contribution is 5.35. The van der Waals surface area contributed by atoms with Gasteiger partial charge in [-0.3, -0.25) is 0 Å². The van der Waals surface area contributed by atoms with E-state index in [4.69, 9.17) is 4.74 Å². The zero-order valence-electron chi connectivity index (χ0n) is 11.5. The van der Waals surface area contributed by atoms with Gasteiger partial charge in [0.2, 0.25) is 0 Å². The lowest BCUT2D eigenvalue weighted by Gasteiger charge is -2.15. The summed E-state index contributed by atoms with van der Waals surface area (Å²) in [4.78, 5) is 0. The second kappa shape index (κ2) is 6.48. The third-order valence-corrected chi connectivity index (χ3v) is 3.14. The van der Waals surface area contributed by atoms with Gasteiger partial charge in [-0.25, -0.2) is 8.78 Å². The first kappa shape index (κ1) is 14.5. The smallest absolute Gasteiger partial charge is 0.162 e. The number of halogens is 2. The summed E-state index contributed by atoms with van der Waals surface area (Å²) in [5, 5.41) is 3.21. The summed E-state index contributed by atoms with van der Waals surface area (Å²) in [6.07, 6.45) is 0.950. The maximum Gasteiger partial charge on any atom is 0.162 e. The standard InChI is InChI=1S/C16H17F2NO/c1-3-16(19-2)11-5-4-6-12(9-11)20-13-7-8-14(17)15(18)10-13/h4-10,16,19H,3H2,1-2H3. The molecule has 0 aromatic heterocycles. The van der Waals surface area contributed by atoms with Gasteiger partial charge in [0.25, 0.3) is 0 Å². The number of nitrogens with one attached hydrogen (secondary N) is 1. The van der Waals surface area contributed by atoms with Gasteiger partial charge in [-0.1, -0.05) is 19.1 Å². The van der Waals surface area contributed by atoms with Crippen LogP contribution in [0.3, 0.4) is 0 Å². The number of hydrogen-bond acceptors (Lipinski definition) is 2. The van der Waals surface area contributed by atoms with Gasteiger partial charge in [-0.2, -0.15) is 0 Å². The predicted octanol–water partition coefficient (Wildman–Crippen LogP) is 4.43. The molecule has 1 atom stereocenters. The minimum Gasteiger partial charge on any atom is -0.457 e. The Morgan fingerprint density at radius 2 is 1.80 bits per heavy atom. The van der Waals surface area contributed by atoms with Gasteiger partial charge < -0.3 is 10.1 Å². The van der Waals surface area contributed by atoms with Crippen molar-refractivity contribution in [2.75, 3.05) is 7.05 Å². The molecule has 2 nitrogen and oxygen atoms in total. The molecule has 0 aliphatic rings. The molecule has 20 heavy (non-hydrogen) atoms. The number of hydrogen-bond donors (Lipinski definition) is 1. The van der Waals surface area contributed by atoms with E-state index in [1.165, 1.54) is 6.07 Å². The van der Waals surface area contributed by atoms with E-state index in [2.05, 4.69) is 12.2 Å². The molecule has 0 bridgehead atoms. The fraction of sp³-hybridized carbons (Fsp3) is 0.250. The Hall–Kier alpha value is -1.94. The molecule has 0 heterocycles. The van der Waals surface area contributed by atoms with Crippen molar-refractivity contribution >= 4 is 0 Å². The van der Waals surface area contributed by atoms with Crippen LogP contribution in [0.2, 0.25) is 0 Å². The highest BCUT2D eigenvalue weighted by atomic mass is 19.2. The molecule has 0 saturated carbocycles. The van der Waals surface area contributed by atoms with Crippen LogP contribution < -0.4 is 10.1 Å². The Balaban J connectivity index is 2.21. The van der Waals surface area contributed by atoms with Crippen molar-refractivity contribution in [1.82, 2.24) is 5.32 Å². The molecule has 1 N–H and O–H groups in total. The number of rotatable bonds is 5. The number of ether oxygens (including phenoxy) is 1. The molecule has 0 saturated heterocycles. The van der Waals surface area contributed by atoms with Crippen LogP contribution in [0.15, 0.2) is 42.5 Å². The molecule has 0 amide bonds. The third-order valence-electron chi connectivity index (χ3n) is 3.14. The van der Waals surface area contributed by atoms with Gasteiger partial charge in [0.1, 0.15) is 11.5 Å². The van der Waals surface area contributed by atoms with Crippen molar-refractivity contribution in [3.8, 4) is 11.5 Å². The van der Waals surface area contributed by atoms with E-state index in [0.717, 1.165) is 24.1 Å². The average Bonchev–Trinajstić information content (AvgIpc) is 2.45. The number of benzene rings is 2.